The van der Waals surface area contributed by atoms with Gasteiger partial charge in [-0.1, -0.05) is 30.1 Å². The van der Waals surface area contributed by atoms with Crippen LogP contribution in [0.4, 0.5) is 4.39 Å². The minimum absolute atomic E-state index is 0.0106. The van der Waals surface area contributed by atoms with E-state index < -0.39 is 5.82 Å². The molecule has 0 aliphatic rings. The molecule has 0 saturated carbocycles. The first-order valence-electron chi connectivity index (χ1n) is 5.51. The van der Waals surface area contributed by atoms with Gasteiger partial charge in [-0.3, -0.25) is 5.10 Å². The first-order valence-corrected chi connectivity index (χ1v) is 6.27. The fourth-order valence-corrected chi connectivity index (χ4v) is 2.13. The molecule has 96 valence electrons. The molecule has 0 radical (unpaired) electrons. The van der Waals surface area contributed by atoms with E-state index in [0.29, 0.717) is 22.8 Å². The second-order valence-electron chi connectivity index (χ2n) is 3.80. The molecule has 1 heterocycles. The molecule has 3 nitrogen and oxygen atoms in total. The monoisotopic (exact) mass is 287 g/mol. The average molecular weight is 288 g/mol. The van der Waals surface area contributed by atoms with Crippen LogP contribution in [0, 0.1) is 5.82 Å². The highest BCUT2D eigenvalue weighted by molar-refractivity contribution is 6.36. The molecule has 18 heavy (non-hydrogen) atoms. The Morgan fingerprint density at radius 1 is 1.33 bits per heavy atom. The Kier molecular flexibility index (Phi) is 4.22. The van der Waals surface area contributed by atoms with Gasteiger partial charge in [0.1, 0.15) is 5.82 Å². The highest BCUT2D eigenvalue weighted by atomic mass is 35.5. The van der Waals surface area contributed by atoms with Crippen LogP contribution in [0.25, 0.3) is 11.3 Å². The Balaban J connectivity index is 2.42. The van der Waals surface area contributed by atoms with E-state index in [4.69, 9.17) is 23.2 Å². The summed E-state index contributed by atoms with van der Waals surface area (Å²) in [5.74, 6) is -0.500. The molecular formula is C12H12Cl2FN3. The van der Waals surface area contributed by atoms with Crippen LogP contribution < -0.4 is 5.32 Å². The topological polar surface area (TPSA) is 40.7 Å². The summed E-state index contributed by atoms with van der Waals surface area (Å²) < 4.78 is 13.5. The van der Waals surface area contributed by atoms with Gasteiger partial charge in [0.2, 0.25) is 0 Å². The van der Waals surface area contributed by atoms with E-state index in [1.54, 1.807) is 6.20 Å². The largest absolute Gasteiger partial charge is 0.313 e. The molecule has 2 aromatic rings. The molecule has 2 rings (SSSR count). The summed E-state index contributed by atoms with van der Waals surface area (Å²) >= 11 is 11.8. The van der Waals surface area contributed by atoms with Crippen molar-refractivity contribution < 1.29 is 4.39 Å². The van der Waals surface area contributed by atoms with Crippen molar-refractivity contribution in [3.05, 3.63) is 39.8 Å². The van der Waals surface area contributed by atoms with Crippen LogP contribution in [0.2, 0.25) is 10.0 Å². The van der Waals surface area contributed by atoms with Gasteiger partial charge in [-0.2, -0.15) is 5.10 Å². The molecule has 0 unspecified atom stereocenters. The third kappa shape index (κ3) is 2.66. The first-order chi connectivity index (χ1) is 8.63. The summed E-state index contributed by atoms with van der Waals surface area (Å²) in [6.07, 6.45) is 1.70. The zero-order chi connectivity index (χ0) is 13.1. The number of hydrogen-bond acceptors (Lipinski definition) is 2. The molecule has 1 aromatic heterocycles. The number of benzene rings is 1. The summed E-state index contributed by atoms with van der Waals surface area (Å²) in [5, 5.41) is 10.4. The number of hydrogen-bond donors (Lipinski definition) is 2. The van der Waals surface area contributed by atoms with E-state index in [0.717, 1.165) is 12.1 Å². The third-order valence-corrected chi connectivity index (χ3v) is 3.16. The van der Waals surface area contributed by atoms with Gasteiger partial charge >= 0.3 is 0 Å². The molecule has 0 aliphatic carbocycles. The third-order valence-electron chi connectivity index (χ3n) is 2.56. The van der Waals surface area contributed by atoms with Crippen molar-refractivity contribution in [2.24, 2.45) is 0 Å². The average Bonchev–Trinajstić information content (AvgIpc) is 2.79. The molecule has 2 N–H and O–H groups in total. The minimum Gasteiger partial charge on any atom is -0.313 e. The summed E-state index contributed by atoms with van der Waals surface area (Å²) in [6.45, 7) is 3.49. The number of aromatic nitrogens is 2. The van der Waals surface area contributed by atoms with E-state index in [2.05, 4.69) is 15.5 Å². The van der Waals surface area contributed by atoms with Crippen molar-refractivity contribution in [3.8, 4) is 11.3 Å². The lowest BCUT2D eigenvalue weighted by Crippen LogP contribution is -2.11. The van der Waals surface area contributed by atoms with E-state index in [9.17, 15) is 4.39 Å². The lowest BCUT2D eigenvalue weighted by molar-refractivity contribution is 0.628. The number of nitrogens with one attached hydrogen (secondary N) is 2. The number of nitrogens with zero attached hydrogens (tertiary/aromatic N) is 1. The molecule has 0 atom stereocenters. The molecule has 1 aromatic carbocycles. The molecule has 0 saturated heterocycles. The Bertz CT molecular complexity index is 554. The Hall–Kier alpha value is -1.10. The van der Waals surface area contributed by atoms with E-state index >= 15 is 0 Å². The van der Waals surface area contributed by atoms with Crippen molar-refractivity contribution in [2.45, 2.75) is 13.5 Å². The van der Waals surface area contributed by atoms with Crippen LogP contribution >= 0.6 is 23.2 Å². The number of H-pyrrole nitrogens is 1. The highest BCUT2D eigenvalue weighted by Crippen LogP contribution is 2.32. The predicted molar refractivity (Wildman–Crippen MR) is 71.4 cm³/mol. The van der Waals surface area contributed by atoms with Crippen molar-refractivity contribution in [2.75, 3.05) is 6.54 Å². The highest BCUT2D eigenvalue weighted by Gasteiger charge is 2.13. The zero-order valence-corrected chi connectivity index (χ0v) is 11.2. The predicted octanol–water partition coefficient (Wildman–Crippen LogP) is 3.63. The summed E-state index contributed by atoms with van der Waals surface area (Å²) in [6, 6.07) is 2.71. The van der Waals surface area contributed by atoms with E-state index in [-0.39, 0.29) is 5.02 Å². The molecular weight excluding hydrogens is 276 g/mol. The summed E-state index contributed by atoms with van der Waals surface area (Å²) in [7, 11) is 0. The molecule has 0 amide bonds. The van der Waals surface area contributed by atoms with Gasteiger partial charge < -0.3 is 5.32 Å². The van der Waals surface area contributed by atoms with Gasteiger partial charge in [-0.25, -0.2) is 4.39 Å². The van der Waals surface area contributed by atoms with Gasteiger partial charge in [0.05, 0.1) is 21.9 Å². The van der Waals surface area contributed by atoms with Gasteiger partial charge in [0.25, 0.3) is 0 Å². The lowest BCUT2D eigenvalue weighted by atomic mass is 10.1. The van der Waals surface area contributed by atoms with Crippen molar-refractivity contribution in [3.63, 3.8) is 0 Å². The van der Waals surface area contributed by atoms with Crippen LogP contribution in [-0.4, -0.2) is 16.7 Å². The Morgan fingerprint density at radius 3 is 2.83 bits per heavy atom. The molecule has 0 aliphatic heterocycles. The van der Waals surface area contributed by atoms with Gasteiger partial charge in [-0.15, -0.1) is 0 Å². The molecule has 0 bridgehead atoms. The van der Waals surface area contributed by atoms with Crippen LogP contribution in [0.1, 0.15) is 12.5 Å². The molecule has 0 spiro atoms. The summed E-state index contributed by atoms with van der Waals surface area (Å²) in [4.78, 5) is 0. The van der Waals surface area contributed by atoms with Gasteiger partial charge in [0, 0.05) is 17.7 Å². The van der Waals surface area contributed by atoms with E-state index in [1.165, 1.54) is 12.1 Å². The number of aromatic amines is 1. The molecule has 6 heteroatoms. The second kappa shape index (κ2) is 5.69. The minimum atomic E-state index is -0.500. The second-order valence-corrected chi connectivity index (χ2v) is 4.61. The fraction of sp³-hybridized carbons (Fsp3) is 0.250. The normalized spacial score (nSPS) is 10.9. The maximum absolute atomic E-state index is 13.5. The van der Waals surface area contributed by atoms with Crippen molar-refractivity contribution >= 4 is 23.2 Å². The number of halogens is 3. The van der Waals surface area contributed by atoms with Crippen LogP contribution in [-0.2, 0) is 6.54 Å². The SMILES string of the molecule is CCNCc1cn[nH]c1-c1cc(F)c(Cl)cc1Cl. The van der Waals surface area contributed by atoms with Crippen LogP contribution in [0.15, 0.2) is 18.3 Å². The standard InChI is InChI=1S/C12H12Cl2FN3/c1-2-16-5-7-6-17-18-12(7)8-3-11(15)10(14)4-9(8)13/h3-4,6,16H,2,5H2,1H3,(H,17,18). The van der Waals surface area contributed by atoms with Crippen LogP contribution in [0.5, 0.6) is 0 Å². The van der Waals surface area contributed by atoms with Crippen molar-refractivity contribution in [1.82, 2.24) is 15.5 Å². The van der Waals surface area contributed by atoms with Gasteiger partial charge in [-0.05, 0) is 18.7 Å². The zero-order valence-electron chi connectivity index (χ0n) is 9.73. The maximum Gasteiger partial charge on any atom is 0.142 e. The lowest BCUT2D eigenvalue weighted by Gasteiger charge is -2.07. The van der Waals surface area contributed by atoms with Crippen molar-refractivity contribution in [1.29, 1.82) is 0 Å². The number of rotatable bonds is 4. The quantitative estimate of drug-likeness (QED) is 0.843. The Morgan fingerprint density at radius 2 is 2.11 bits per heavy atom. The molecule has 0 fully saturated rings. The Labute approximate surface area is 114 Å². The summed E-state index contributed by atoms with van der Waals surface area (Å²) in [5.41, 5.74) is 2.20. The van der Waals surface area contributed by atoms with E-state index in [1.807, 2.05) is 6.92 Å². The maximum atomic E-state index is 13.5. The van der Waals surface area contributed by atoms with Gasteiger partial charge in [0.15, 0.2) is 0 Å². The fourth-order valence-electron chi connectivity index (χ4n) is 1.65. The van der Waals surface area contributed by atoms with Crippen LogP contribution in [0.3, 0.4) is 0 Å². The smallest absolute Gasteiger partial charge is 0.142 e. The first kappa shape index (κ1) is 13.3.